The zero-order valence-corrected chi connectivity index (χ0v) is 13.5. The van der Waals surface area contributed by atoms with Crippen LogP contribution < -0.4 is 4.90 Å². The molecule has 3 nitrogen and oxygen atoms in total. The molecular weight excluding hydrogens is 293 g/mol. The summed E-state index contributed by atoms with van der Waals surface area (Å²) in [7, 11) is 1.98. The molecule has 0 amide bonds. The maximum Gasteiger partial charge on any atom is 0.155 e. The van der Waals surface area contributed by atoms with Crippen molar-refractivity contribution in [3.05, 3.63) is 51.1 Å². The topological polar surface area (TPSA) is 29.0 Å². The fourth-order valence-electron chi connectivity index (χ4n) is 2.10. The Morgan fingerprint density at radius 1 is 1.05 bits per heavy atom. The molecule has 0 fully saturated rings. The number of anilines is 1. The minimum absolute atomic E-state index is 0.0947. The van der Waals surface area contributed by atoms with Gasteiger partial charge in [-0.2, -0.15) is 0 Å². The molecule has 0 radical (unpaired) electrons. The van der Waals surface area contributed by atoms with E-state index in [-0.39, 0.29) is 6.04 Å². The second-order valence-corrected chi connectivity index (χ2v) is 5.64. The molecule has 106 valence electrons. The molecule has 20 heavy (non-hydrogen) atoms. The minimum Gasteiger partial charge on any atom is -0.351 e. The second kappa shape index (κ2) is 5.98. The number of hydrogen-bond donors (Lipinski definition) is 0. The molecular formula is C15H17Cl2N3. The van der Waals surface area contributed by atoms with Gasteiger partial charge in [-0.25, -0.2) is 0 Å². The molecule has 5 heteroatoms. The lowest BCUT2D eigenvalue weighted by Gasteiger charge is -2.28. The van der Waals surface area contributed by atoms with Crippen LogP contribution in [0.15, 0.2) is 24.3 Å². The van der Waals surface area contributed by atoms with E-state index >= 15 is 0 Å². The predicted octanol–water partition coefficient (Wildman–Crippen LogP) is 4.60. The van der Waals surface area contributed by atoms with Crippen LogP contribution in [0.25, 0.3) is 0 Å². The number of benzene rings is 1. The van der Waals surface area contributed by atoms with Crippen molar-refractivity contribution in [1.29, 1.82) is 0 Å². The molecule has 2 aromatic rings. The molecule has 0 aliphatic heterocycles. The normalized spacial score (nSPS) is 12.3. The van der Waals surface area contributed by atoms with E-state index in [4.69, 9.17) is 23.2 Å². The van der Waals surface area contributed by atoms with Crippen LogP contribution in [0.4, 0.5) is 5.82 Å². The van der Waals surface area contributed by atoms with Crippen LogP contribution in [-0.4, -0.2) is 17.2 Å². The van der Waals surface area contributed by atoms with Crippen molar-refractivity contribution in [3.63, 3.8) is 0 Å². The van der Waals surface area contributed by atoms with Gasteiger partial charge in [-0.05, 0) is 43.5 Å². The summed E-state index contributed by atoms with van der Waals surface area (Å²) in [6, 6.07) is 7.92. The van der Waals surface area contributed by atoms with Gasteiger partial charge in [-0.15, -0.1) is 10.2 Å². The fraction of sp³-hybridized carbons (Fsp3) is 0.333. The first kappa shape index (κ1) is 15.1. The highest BCUT2D eigenvalue weighted by molar-refractivity contribution is 6.31. The Morgan fingerprint density at radius 3 is 2.35 bits per heavy atom. The van der Waals surface area contributed by atoms with Gasteiger partial charge in [0.1, 0.15) is 0 Å². The van der Waals surface area contributed by atoms with E-state index in [2.05, 4.69) is 22.0 Å². The van der Waals surface area contributed by atoms with Gasteiger partial charge < -0.3 is 4.90 Å². The summed E-state index contributed by atoms with van der Waals surface area (Å²) in [5, 5.41) is 9.42. The summed E-state index contributed by atoms with van der Waals surface area (Å²) in [6.45, 7) is 6.04. The molecule has 1 aromatic carbocycles. The third-order valence-corrected chi connectivity index (χ3v) is 4.41. The molecule has 1 unspecified atom stereocenters. The van der Waals surface area contributed by atoms with Crippen LogP contribution in [0.5, 0.6) is 0 Å². The summed E-state index contributed by atoms with van der Waals surface area (Å²) in [4.78, 5) is 2.06. The van der Waals surface area contributed by atoms with Crippen LogP contribution in [0.1, 0.15) is 29.7 Å². The van der Waals surface area contributed by atoms with Crippen LogP contribution >= 0.6 is 23.2 Å². The molecule has 1 atom stereocenters. The van der Waals surface area contributed by atoms with Gasteiger partial charge in [-0.1, -0.05) is 41.4 Å². The van der Waals surface area contributed by atoms with Crippen molar-refractivity contribution in [2.24, 2.45) is 0 Å². The zero-order chi connectivity index (χ0) is 14.9. The molecule has 0 saturated carbocycles. The first-order valence-electron chi connectivity index (χ1n) is 6.40. The Labute approximate surface area is 129 Å². The Kier molecular flexibility index (Phi) is 4.51. The Balaban J connectivity index is 2.39. The number of halogens is 2. The van der Waals surface area contributed by atoms with E-state index < -0.39 is 0 Å². The van der Waals surface area contributed by atoms with Crippen molar-refractivity contribution >= 4 is 29.0 Å². The highest BCUT2D eigenvalue weighted by atomic mass is 35.5. The summed E-state index contributed by atoms with van der Waals surface area (Å²) < 4.78 is 0. The third-order valence-electron chi connectivity index (χ3n) is 3.71. The first-order valence-corrected chi connectivity index (χ1v) is 7.15. The summed E-state index contributed by atoms with van der Waals surface area (Å²) >= 11 is 12.3. The number of hydrogen-bond acceptors (Lipinski definition) is 3. The Morgan fingerprint density at radius 2 is 1.70 bits per heavy atom. The van der Waals surface area contributed by atoms with Crippen LogP contribution in [0.2, 0.25) is 10.2 Å². The van der Waals surface area contributed by atoms with Gasteiger partial charge in [-0.3, -0.25) is 0 Å². The predicted molar refractivity (Wildman–Crippen MR) is 84.8 cm³/mol. The van der Waals surface area contributed by atoms with E-state index in [1.807, 2.05) is 45.2 Å². The molecule has 0 aliphatic rings. The molecule has 0 bridgehead atoms. The van der Waals surface area contributed by atoms with E-state index in [0.717, 1.165) is 27.5 Å². The summed E-state index contributed by atoms with van der Waals surface area (Å²) in [6.07, 6.45) is 0. The van der Waals surface area contributed by atoms with E-state index in [1.54, 1.807) is 0 Å². The molecule has 0 N–H and O–H groups in total. The van der Waals surface area contributed by atoms with E-state index in [0.29, 0.717) is 5.15 Å². The zero-order valence-electron chi connectivity index (χ0n) is 12.0. The van der Waals surface area contributed by atoms with E-state index in [9.17, 15) is 0 Å². The molecule has 0 saturated heterocycles. The van der Waals surface area contributed by atoms with Gasteiger partial charge in [0.2, 0.25) is 0 Å². The monoisotopic (exact) mass is 309 g/mol. The second-order valence-electron chi connectivity index (χ2n) is 4.87. The molecule has 1 heterocycles. The lowest BCUT2D eigenvalue weighted by Crippen LogP contribution is -2.24. The Bertz CT molecular complexity index is 629. The smallest absolute Gasteiger partial charge is 0.155 e. The maximum atomic E-state index is 6.26. The Hall–Kier alpha value is -1.32. The average Bonchev–Trinajstić information content (AvgIpc) is 2.44. The van der Waals surface area contributed by atoms with Crippen molar-refractivity contribution in [2.75, 3.05) is 11.9 Å². The van der Waals surface area contributed by atoms with Crippen molar-refractivity contribution in [2.45, 2.75) is 26.8 Å². The number of nitrogens with zero attached hydrogens (tertiary/aromatic N) is 3. The van der Waals surface area contributed by atoms with Crippen LogP contribution in [-0.2, 0) is 0 Å². The van der Waals surface area contributed by atoms with Gasteiger partial charge in [0.05, 0.1) is 6.04 Å². The van der Waals surface area contributed by atoms with Crippen molar-refractivity contribution in [3.8, 4) is 0 Å². The maximum absolute atomic E-state index is 6.26. The standard InChI is InChI=1S/C15H17Cl2N3/c1-9-10(2)15(19-18-14(9)17)20(4)11(3)12-7-5-6-8-13(12)16/h5-8,11H,1-4H3. The van der Waals surface area contributed by atoms with E-state index in [1.165, 1.54) is 0 Å². The molecule has 0 aliphatic carbocycles. The van der Waals surface area contributed by atoms with Crippen LogP contribution in [0.3, 0.4) is 0 Å². The largest absolute Gasteiger partial charge is 0.351 e. The van der Waals surface area contributed by atoms with Crippen molar-refractivity contribution < 1.29 is 0 Å². The lowest BCUT2D eigenvalue weighted by atomic mass is 10.1. The average molecular weight is 310 g/mol. The highest BCUT2D eigenvalue weighted by Gasteiger charge is 2.19. The molecule has 2 rings (SSSR count). The number of rotatable bonds is 3. The van der Waals surface area contributed by atoms with Gasteiger partial charge in [0.15, 0.2) is 11.0 Å². The summed E-state index contributed by atoms with van der Waals surface area (Å²) in [5.41, 5.74) is 3.05. The number of aromatic nitrogens is 2. The van der Waals surface area contributed by atoms with Gasteiger partial charge in [0, 0.05) is 12.1 Å². The summed E-state index contributed by atoms with van der Waals surface area (Å²) in [5.74, 6) is 0.819. The fourth-order valence-corrected chi connectivity index (χ4v) is 2.58. The highest BCUT2D eigenvalue weighted by Crippen LogP contribution is 2.31. The van der Waals surface area contributed by atoms with Gasteiger partial charge in [0.25, 0.3) is 0 Å². The van der Waals surface area contributed by atoms with Crippen molar-refractivity contribution in [1.82, 2.24) is 10.2 Å². The first-order chi connectivity index (χ1) is 9.43. The lowest BCUT2D eigenvalue weighted by molar-refractivity contribution is 0.716. The SMILES string of the molecule is Cc1c(Cl)nnc(N(C)C(C)c2ccccc2Cl)c1C. The quantitative estimate of drug-likeness (QED) is 0.830. The minimum atomic E-state index is 0.0947. The van der Waals surface area contributed by atoms with Gasteiger partial charge >= 0.3 is 0 Å². The third kappa shape index (κ3) is 2.74. The molecule has 0 spiro atoms. The molecule has 1 aromatic heterocycles. The van der Waals surface area contributed by atoms with Crippen LogP contribution in [0, 0.1) is 13.8 Å².